The van der Waals surface area contributed by atoms with Gasteiger partial charge in [-0.25, -0.2) is 0 Å². The van der Waals surface area contributed by atoms with Gasteiger partial charge < -0.3 is 33.4 Å². The van der Waals surface area contributed by atoms with Gasteiger partial charge in [-0.2, -0.15) is 0 Å². The summed E-state index contributed by atoms with van der Waals surface area (Å²) >= 11 is -5.00. The topological polar surface area (TPSA) is 22.2 Å². The molecule has 9 aliphatic carbocycles. The van der Waals surface area contributed by atoms with Crippen LogP contribution in [0.2, 0.25) is 0 Å². The number of aryl methyl sites for hydroxylation is 12. The second-order valence-corrected chi connectivity index (χ2v) is 71.8. The molecule has 0 unspecified atom stereocenters. The molecule has 0 radical (unpaired) electrons. The molecule has 18 rings (SSSR count). The monoisotopic (exact) mass is 2360 g/mol. The summed E-state index contributed by atoms with van der Waals surface area (Å²) in [6.45, 7) is 43.4. The molecule has 2 heterocycles. The number of para-hydroxylation sites is 1. The van der Waals surface area contributed by atoms with Crippen molar-refractivity contribution in [1.82, 2.24) is 0 Å². The van der Waals surface area contributed by atoms with E-state index in [1.807, 2.05) is 113 Å². The Kier molecular flexibility index (Phi) is 54.3. The second-order valence-electron chi connectivity index (χ2n) is 44.3. The van der Waals surface area contributed by atoms with Crippen molar-refractivity contribution in [3.05, 3.63) is 231 Å². The number of ether oxygens (including phenoxy) is 1. The third kappa shape index (κ3) is 38.1. The van der Waals surface area contributed by atoms with E-state index in [-0.39, 0.29) is 29.9 Å². The molecule has 790 valence electrons. The maximum absolute atomic E-state index is 5.82. The maximum atomic E-state index is 5.82. The van der Waals surface area contributed by atoms with Crippen LogP contribution in [0.5, 0.6) is 5.75 Å². The van der Waals surface area contributed by atoms with Crippen molar-refractivity contribution in [2.75, 3.05) is 45.8 Å². The summed E-state index contributed by atoms with van der Waals surface area (Å²) in [6.07, 6.45) is 73.9. The molecule has 11 fully saturated rings. The fraction of sp³-hybridized carbons (Fsp3) is 0.621. The molecule has 0 bridgehead atoms. The number of rotatable bonds is 20. The Morgan fingerprint density at radius 2 is 0.461 bits per heavy atom. The zero-order chi connectivity index (χ0) is 101. The van der Waals surface area contributed by atoms with Crippen LogP contribution in [0.4, 0.5) is 22.7 Å². The SMILES string of the molecule is C1CCC([PH+](C2CCCCC2)C2CCCCC2)CC1.C1CCC([PH+](C2CCCCC2)C2CCCCC2)CC1.C1CCC([PH+](C2CCCCC2)C2CCCCC2)CC1.CC(C)Oc1ccccc1[CH]=[Ru]([Cl])[Cl].[CH2-]CC1N(c2c(C)cc(C)cc2C)CCN1c1c(C)cc(C)cc1C.[CH2-]CC1N(c2c(C)cc(C)cc2C)CCN1c1c(C)cc(C)cc1C.[Cl][Ru]([Cl])=[CH]c1ccccc1.[Cl][Ru]([Cl])=[CH]c1ccccc1. The number of hydrogen-bond donors (Lipinski definition) is 0. The van der Waals surface area contributed by atoms with Crippen LogP contribution in [0.3, 0.4) is 0 Å². The van der Waals surface area contributed by atoms with Crippen LogP contribution in [0, 0.1) is 96.9 Å². The summed E-state index contributed by atoms with van der Waals surface area (Å²) in [5, 5.41) is 0. The standard InChI is InChI=1S/2C23H31N2.3C18H33P.C10H12O.2C7H6.6ClH.3Ru/c2*1-8-21-24(22-17(4)11-15(2)12-18(22)5)9-10-25(21)23-19(6)13-16(3)14-20(23)7;3*1-4-10-16(11-5-1)19(17-12-6-2-7-13-17)18-14-8-3-9-15-18;1-8(2)11-10-7-5-4-6-9(10)3;2*1-7-5-3-2-4-6-7;;;;;;;;;/h2*11-14,21H,1,8-10H2,2-7H3;3*16-18H,1-15H2;3-8H,1-2H3;2*1-6H;6*1H;;;/q2*-1;;;;;;;;;;;;;3*+2/p-3. The summed E-state index contributed by atoms with van der Waals surface area (Å²) in [5.74, 6) is 0.850. The van der Waals surface area contributed by atoms with E-state index in [1.54, 1.807) is 289 Å². The van der Waals surface area contributed by atoms with Gasteiger partial charge in [-0.1, -0.05) is 129 Å². The fourth-order valence-electron chi connectivity index (χ4n) is 27.7. The van der Waals surface area contributed by atoms with Crippen LogP contribution in [-0.4, -0.2) is 109 Å². The Morgan fingerprint density at radius 1 is 0.277 bits per heavy atom. The minimum atomic E-state index is -1.77. The van der Waals surface area contributed by atoms with Crippen LogP contribution in [0.25, 0.3) is 0 Å². The van der Waals surface area contributed by atoms with E-state index in [0.717, 1.165) is 61.5 Å². The molecule has 141 heavy (non-hydrogen) atoms. The van der Waals surface area contributed by atoms with Crippen LogP contribution < -0.4 is 24.3 Å². The van der Waals surface area contributed by atoms with Crippen molar-refractivity contribution in [2.45, 2.75) is 468 Å². The van der Waals surface area contributed by atoms with Crippen molar-refractivity contribution in [3.8, 4) is 5.75 Å². The third-order valence-corrected chi connectivity index (χ3v) is 52.2. The van der Waals surface area contributed by atoms with E-state index in [1.165, 1.54) is 140 Å². The average Bonchev–Trinajstić information content (AvgIpc) is 1.64. The quantitative estimate of drug-likeness (QED) is 0.0430. The number of benzene rings is 7. The molecule has 0 aromatic heterocycles. The molecule has 7 aromatic carbocycles. The minimum absolute atomic E-state index is 0.0465. The fourth-order valence-corrected chi connectivity index (χ4v) is 48.8. The second kappa shape index (κ2) is 64.1. The number of halogens is 6. The van der Waals surface area contributed by atoms with E-state index in [4.69, 9.17) is 62.9 Å². The van der Waals surface area contributed by atoms with Gasteiger partial charge in [-0.3, -0.25) is 0 Å². The summed E-state index contributed by atoms with van der Waals surface area (Å²) < 4.78 is 11.4. The van der Waals surface area contributed by atoms with Gasteiger partial charge >= 0.3 is 245 Å². The van der Waals surface area contributed by atoms with E-state index in [2.05, 4.69) is 165 Å². The molecule has 7 aromatic rings. The van der Waals surface area contributed by atoms with Gasteiger partial charge in [0, 0.05) is 72.7 Å². The summed E-state index contributed by atoms with van der Waals surface area (Å²) in [7, 11) is 34.2. The molecule has 9 saturated carbocycles. The van der Waals surface area contributed by atoms with Gasteiger partial charge in [-0.05, 0) is 359 Å². The molecule has 0 N–H and O–H groups in total. The first-order chi connectivity index (χ1) is 68.2. The first-order valence-corrected chi connectivity index (χ1v) is 77.7. The first kappa shape index (κ1) is 119. The average molecular weight is 2360 g/mol. The molecular formula is C124H188Cl6N4OP3Ru3+. The predicted molar refractivity (Wildman–Crippen MR) is 632 cm³/mol. The molecule has 2 aliphatic heterocycles. The first-order valence-electron chi connectivity index (χ1n) is 56.1. The van der Waals surface area contributed by atoms with E-state index in [0.29, 0.717) is 12.3 Å². The van der Waals surface area contributed by atoms with Gasteiger partial charge in [0.15, 0.2) is 0 Å². The predicted octanol–water partition coefficient (Wildman–Crippen LogP) is 38.5. The van der Waals surface area contributed by atoms with E-state index >= 15 is 0 Å². The van der Waals surface area contributed by atoms with E-state index < -0.39 is 40.6 Å². The molecule has 2 saturated heterocycles. The van der Waals surface area contributed by atoms with Crippen molar-refractivity contribution in [1.29, 1.82) is 0 Å². The van der Waals surface area contributed by atoms with Crippen molar-refractivity contribution in [3.63, 3.8) is 0 Å². The van der Waals surface area contributed by atoms with Gasteiger partial charge in [0.2, 0.25) is 0 Å². The summed E-state index contributed by atoms with van der Waals surface area (Å²) in [4.78, 5) is 10.3. The Bertz CT molecular complexity index is 4200. The normalized spacial score (nSPS) is 19.8. The van der Waals surface area contributed by atoms with Gasteiger partial charge in [-0.15, -0.1) is 12.8 Å². The molecule has 5 nitrogen and oxygen atoms in total. The number of anilines is 4. The van der Waals surface area contributed by atoms with Crippen LogP contribution in [0.15, 0.2) is 133 Å². The zero-order valence-corrected chi connectivity index (χ0v) is 103. The molecule has 0 amide bonds. The van der Waals surface area contributed by atoms with Crippen molar-refractivity contribution in [2.24, 2.45) is 0 Å². The Balaban J connectivity index is 0.000000157. The van der Waals surface area contributed by atoms with Gasteiger partial charge in [0.25, 0.3) is 0 Å². The van der Waals surface area contributed by atoms with Crippen LogP contribution in [0.1, 0.15) is 399 Å². The zero-order valence-electron chi connectivity index (χ0n) is 89.9. The summed E-state index contributed by atoms with van der Waals surface area (Å²) in [5.41, 5.74) is 36.2. The van der Waals surface area contributed by atoms with E-state index in [9.17, 15) is 0 Å². The van der Waals surface area contributed by atoms with Crippen LogP contribution >= 0.6 is 81.9 Å². The molecule has 0 spiro atoms. The Labute approximate surface area is 905 Å². The molecule has 17 heteroatoms. The molecular weight excluding hydrogens is 2170 g/mol. The number of hydrogen-bond acceptors (Lipinski definition) is 5. The summed E-state index contributed by atoms with van der Waals surface area (Å²) in [6, 6.07) is 46.0. The third-order valence-electron chi connectivity index (χ3n) is 33.0. The Morgan fingerprint density at radius 3 is 0.638 bits per heavy atom. The number of nitrogens with zero attached hydrogens (tertiary/aromatic N) is 4. The van der Waals surface area contributed by atoms with Gasteiger partial charge in [0.05, 0.1) is 63.3 Å². The molecule has 0 atom stereocenters. The van der Waals surface area contributed by atoms with Crippen LogP contribution in [-0.2, 0) is 40.6 Å². The van der Waals surface area contributed by atoms with Crippen molar-refractivity contribution < 1.29 is 45.3 Å². The van der Waals surface area contributed by atoms with Crippen molar-refractivity contribution >= 4 is 118 Å². The Hall–Kier alpha value is -1.95. The molecule has 11 aliphatic rings. The van der Waals surface area contributed by atoms with Gasteiger partial charge in [0.1, 0.15) is 0 Å².